The Morgan fingerprint density at radius 1 is 1.39 bits per heavy atom. The molecule has 1 amide bonds. The maximum absolute atomic E-state index is 12.3. The topological polar surface area (TPSA) is 55.1 Å². The van der Waals surface area contributed by atoms with Crippen molar-refractivity contribution >= 4 is 5.91 Å². The molecule has 3 N–H and O–H groups in total. The molecule has 0 saturated heterocycles. The van der Waals surface area contributed by atoms with Gasteiger partial charge in [-0.3, -0.25) is 4.79 Å². The van der Waals surface area contributed by atoms with Gasteiger partial charge in [-0.25, -0.2) is 0 Å². The molecule has 1 aliphatic carbocycles. The van der Waals surface area contributed by atoms with Crippen LogP contribution in [-0.2, 0) is 4.79 Å². The van der Waals surface area contributed by atoms with Crippen LogP contribution < -0.4 is 11.1 Å². The van der Waals surface area contributed by atoms with Crippen LogP contribution >= 0.6 is 0 Å². The van der Waals surface area contributed by atoms with Crippen LogP contribution in [0.3, 0.4) is 0 Å². The van der Waals surface area contributed by atoms with Crippen LogP contribution in [0.5, 0.6) is 0 Å². The fourth-order valence-electron chi connectivity index (χ4n) is 2.74. The molecule has 1 rings (SSSR count). The van der Waals surface area contributed by atoms with Crippen molar-refractivity contribution in [3.8, 4) is 0 Å². The summed E-state index contributed by atoms with van der Waals surface area (Å²) in [4.78, 5) is 12.3. The van der Waals surface area contributed by atoms with E-state index >= 15 is 0 Å². The van der Waals surface area contributed by atoms with Gasteiger partial charge in [-0.1, -0.05) is 20.8 Å². The normalized spacial score (nSPS) is 28.4. The molecule has 0 heterocycles. The minimum atomic E-state index is -0.273. The Balaban J connectivity index is 2.37. The lowest BCUT2D eigenvalue weighted by atomic mass is 9.70. The standard InChI is InChI=1S/C15H30N2O/c1-12(2)5-4-10-17-14(18)15(11-16)8-6-13(3)7-9-15/h12-13H,4-11,16H2,1-3H3,(H,17,18). The molecular weight excluding hydrogens is 224 g/mol. The lowest BCUT2D eigenvalue weighted by Crippen LogP contribution is -2.48. The highest BCUT2D eigenvalue weighted by Crippen LogP contribution is 2.38. The van der Waals surface area contributed by atoms with Crippen LogP contribution in [0.1, 0.15) is 59.3 Å². The van der Waals surface area contributed by atoms with Gasteiger partial charge in [0.15, 0.2) is 0 Å². The summed E-state index contributed by atoms with van der Waals surface area (Å²) in [6.45, 7) is 7.99. The molecule has 0 atom stereocenters. The van der Waals surface area contributed by atoms with E-state index in [0.29, 0.717) is 12.5 Å². The zero-order chi connectivity index (χ0) is 13.6. The largest absolute Gasteiger partial charge is 0.356 e. The number of carbonyl (C=O) groups excluding carboxylic acids is 1. The Morgan fingerprint density at radius 3 is 2.50 bits per heavy atom. The first-order valence-electron chi connectivity index (χ1n) is 7.48. The third kappa shape index (κ3) is 4.27. The summed E-state index contributed by atoms with van der Waals surface area (Å²) in [7, 11) is 0. The Hall–Kier alpha value is -0.570. The van der Waals surface area contributed by atoms with E-state index in [9.17, 15) is 4.79 Å². The summed E-state index contributed by atoms with van der Waals surface area (Å²) in [6.07, 6.45) is 6.43. The molecule has 0 aromatic carbocycles. The summed E-state index contributed by atoms with van der Waals surface area (Å²) in [5.41, 5.74) is 5.60. The van der Waals surface area contributed by atoms with Crippen molar-refractivity contribution in [3.63, 3.8) is 0 Å². The lowest BCUT2D eigenvalue weighted by Gasteiger charge is -2.37. The number of carbonyl (C=O) groups is 1. The first-order chi connectivity index (χ1) is 8.50. The van der Waals surface area contributed by atoms with Gasteiger partial charge < -0.3 is 11.1 Å². The molecule has 0 bridgehead atoms. The average Bonchev–Trinajstić information content (AvgIpc) is 2.35. The van der Waals surface area contributed by atoms with Gasteiger partial charge in [0.1, 0.15) is 0 Å². The van der Waals surface area contributed by atoms with Gasteiger partial charge >= 0.3 is 0 Å². The summed E-state index contributed by atoms with van der Waals surface area (Å²) >= 11 is 0. The molecular formula is C15H30N2O. The number of nitrogens with two attached hydrogens (primary N) is 1. The van der Waals surface area contributed by atoms with E-state index in [4.69, 9.17) is 5.73 Å². The maximum atomic E-state index is 12.3. The first kappa shape index (κ1) is 15.5. The quantitative estimate of drug-likeness (QED) is 0.716. The van der Waals surface area contributed by atoms with Crippen LogP contribution in [0.15, 0.2) is 0 Å². The minimum absolute atomic E-state index is 0.195. The van der Waals surface area contributed by atoms with Crippen molar-refractivity contribution in [2.24, 2.45) is 23.0 Å². The zero-order valence-corrected chi connectivity index (χ0v) is 12.3. The maximum Gasteiger partial charge on any atom is 0.227 e. The summed E-state index contributed by atoms with van der Waals surface area (Å²) in [6, 6.07) is 0. The van der Waals surface area contributed by atoms with Crippen LogP contribution in [0.4, 0.5) is 0 Å². The fourth-order valence-corrected chi connectivity index (χ4v) is 2.74. The van der Waals surface area contributed by atoms with Gasteiger partial charge in [-0.15, -0.1) is 0 Å². The van der Waals surface area contributed by atoms with Crippen molar-refractivity contribution in [1.29, 1.82) is 0 Å². The van der Waals surface area contributed by atoms with Crippen molar-refractivity contribution in [3.05, 3.63) is 0 Å². The van der Waals surface area contributed by atoms with Gasteiger partial charge in [-0.05, 0) is 50.4 Å². The van der Waals surface area contributed by atoms with Gasteiger partial charge in [-0.2, -0.15) is 0 Å². The molecule has 18 heavy (non-hydrogen) atoms. The molecule has 106 valence electrons. The molecule has 0 unspecified atom stereocenters. The molecule has 1 saturated carbocycles. The molecule has 0 radical (unpaired) electrons. The van der Waals surface area contributed by atoms with E-state index in [2.05, 4.69) is 26.1 Å². The van der Waals surface area contributed by atoms with E-state index in [0.717, 1.165) is 44.6 Å². The van der Waals surface area contributed by atoms with Gasteiger partial charge in [0.2, 0.25) is 5.91 Å². The molecule has 0 spiro atoms. The highest BCUT2D eigenvalue weighted by atomic mass is 16.2. The summed E-state index contributed by atoms with van der Waals surface area (Å²) < 4.78 is 0. The number of nitrogens with one attached hydrogen (secondary N) is 1. The Bertz CT molecular complexity index is 255. The predicted molar refractivity (Wildman–Crippen MR) is 76.2 cm³/mol. The third-order valence-corrected chi connectivity index (χ3v) is 4.35. The summed E-state index contributed by atoms with van der Waals surface area (Å²) in [5, 5.41) is 3.10. The number of hydrogen-bond donors (Lipinski definition) is 2. The number of rotatable bonds is 6. The predicted octanol–water partition coefficient (Wildman–Crippen LogP) is 2.69. The molecule has 0 aliphatic heterocycles. The highest BCUT2D eigenvalue weighted by Gasteiger charge is 2.39. The van der Waals surface area contributed by atoms with Crippen molar-refractivity contribution in [1.82, 2.24) is 5.32 Å². The van der Waals surface area contributed by atoms with Gasteiger partial charge in [0, 0.05) is 13.1 Å². The molecule has 0 aromatic rings. The zero-order valence-electron chi connectivity index (χ0n) is 12.3. The third-order valence-electron chi connectivity index (χ3n) is 4.35. The first-order valence-corrected chi connectivity index (χ1v) is 7.48. The monoisotopic (exact) mass is 254 g/mol. The minimum Gasteiger partial charge on any atom is -0.356 e. The molecule has 1 fully saturated rings. The van der Waals surface area contributed by atoms with E-state index in [1.165, 1.54) is 6.42 Å². The Kier molecular flexibility index (Phi) is 6.13. The average molecular weight is 254 g/mol. The summed E-state index contributed by atoms with van der Waals surface area (Å²) in [5.74, 6) is 1.65. The number of amides is 1. The molecule has 3 nitrogen and oxygen atoms in total. The van der Waals surface area contributed by atoms with Gasteiger partial charge in [0.25, 0.3) is 0 Å². The molecule has 0 aromatic heterocycles. The van der Waals surface area contributed by atoms with Crippen molar-refractivity contribution in [2.45, 2.75) is 59.3 Å². The smallest absolute Gasteiger partial charge is 0.227 e. The second kappa shape index (κ2) is 7.13. The van der Waals surface area contributed by atoms with Crippen LogP contribution in [0.2, 0.25) is 0 Å². The molecule has 3 heteroatoms. The number of hydrogen-bond acceptors (Lipinski definition) is 2. The molecule has 1 aliphatic rings. The van der Waals surface area contributed by atoms with E-state index < -0.39 is 0 Å². The van der Waals surface area contributed by atoms with Crippen LogP contribution in [0, 0.1) is 17.3 Å². The van der Waals surface area contributed by atoms with Crippen LogP contribution in [0.25, 0.3) is 0 Å². The van der Waals surface area contributed by atoms with Crippen LogP contribution in [-0.4, -0.2) is 19.0 Å². The second-order valence-corrected chi connectivity index (χ2v) is 6.46. The van der Waals surface area contributed by atoms with E-state index in [1.807, 2.05) is 0 Å². The lowest BCUT2D eigenvalue weighted by molar-refractivity contribution is -0.132. The van der Waals surface area contributed by atoms with E-state index in [1.54, 1.807) is 0 Å². The van der Waals surface area contributed by atoms with Crippen molar-refractivity contribution in [2.75, 3.05) is 13.1 Å². The van der Waals surface area contributed by atoms with Gasteiger partial charge in [0.05, 0.1) is 5.41 Å². The second-order valence-electron chi connectivity index (χ2n) is 6.46. The van der Waals surface area contributed by atoms with Crippen molar-refractivity contribution < 1.29 is 4.79 Å². The Morgan fingerprint density at radius 2 is 2.00 bits per heavy atom. The SMILES string of the molecule is CC(C)CCCNC(=O)C1(CN)CCC(C)CC1. The fraction of sp³-hybridized carbons (Fsp3) is 0.933. The van der Waals surface area contributed by atoms with E-state index in [-0.39, 0.29) is 11.3 Å². The Labute approximate surface area is 112 Å². The highest BCUT2D eigenvalue weighted by molar-refractivity contribution is 5.83.